The second kappa shape index (κ2) is 10.1. The fourth-order valence-corrected chi connectivity index (χ4v) is 4.05. The number of rotatable bonds is 8. The largest absolute Gasteiger partial charge is 0.497 e. The van der Waals surface area contributed by atoms with Crippen molar-refractivity contribution in [3.63, 3.8) is 0 Å². The number of benzene rings is 2. The standard InChI is InChI=1S/C24H22Cl2N4O3/c1-32-15-7-3-5-14(11-15)6-4-8-20-28-21-16(9-10-19(33-2)23(21)29-20)24(31)30-22-17(25)12-27-13-18(22)26/h3,5,7,9-13H,4,6,8H2,1-2H3,(H,28,29)(H,27,30,31). The predicted octanol–water partition coefficient (Wildman–Crippen LogP) is 5.71. The van der Waals surface area contributed by atoms with Gasteiger partial charge in [0.15, 0.2) is 0 Å². The monoisotopic (exact) mass is 484 g/mol. The molecule has 0 fully saturated rings. The van der Waals surface area contributed by atoms with E-state index in [0.29, 0.717) is 34.5 Å². The average molecular weight is 485 g/mol. The number of imidazole rings is 1. The minimum atomic E-state index is -0.371. The number of carbonyl (C=O) groups excluding carboxylic acids is 1. The van der Waals surface area contributed by atoms with Crippen molar-refractivity contribution in [3.05, 3.63) is 75.8 Å². The minimum Gasteiger partial charge on any atom is -0.497 e. The van der Waals surface area contributed by atoms with Gasteiger partial charge in [0.2, 0.25) is 0 Å². The molecule has 2 aromatic heterocycles. The van der Waals surface area contributed by atoms with Crippen molar-refractivity contribution in [2.24, 2.45) is 0 Å². The lowest BCUT2D eigenvalue weighted by molar-refractivity contribution is 0.102. The number of anilines is 1. The van der Waals surface area contributed by atoms with Gasteiger partial charge in [-0.1, -0.05) is 35.3 Å². The number of amides is 1. The fourth-order valence-electron chi connectivity index (χ4n) is 3.59. The number of H-pyrrole nitrogens is 1. The summed E-state index contributed by atoms with van der Waals surface area (Å²) in [7, 11) is 3.23. The number of nitrogens with one attached hydrogen (secondary N) is 2. The molecule has 4 rings (SSSR count). The highest BCUT2D eigenvalue weighted by Gasteiger charge is 2.19. The van der Waals surface area contributed by atoms with Crippen LogP contribution < -0.4 is 14.8 Å². The first-order chi connectivity index (χ1) is 16.0. The van der Waals surface area contributed by atoms with Crippen molar-refractivity contribution in [3.8, 4) is 11.5 Å². The van der Waals surface area contributed by atoms with E-state index in [-0.39, 0.29) is 16.0 Å². The summed E-state index contributed by atoms with van der Waals surface area (Å²) < 4.78 is 10.7. The van der Waals surface area contributed by atoms with Crippen molar-refractivity contribution < 1.29 is 14.3 Å². The lowest BCUT2D eigenvalue weighted by atomic mass is 10.1. The van der Waals surface area contributed by atoms with Gasteiger partial charge in [-0.2, -0.15) is 0 Å². The summed E-state index contributed by atoms with van der Waals surface area (Å²) in [5.74, 6) is 1.82. The molecule has 0 aliphatic rings. The maximum Gasteiger partial charge on any atom is 0.257 e. The van der Waals surface area contributed by atoms with Gasteiger partial charge in [0.05, 0.1) is 41.0 Å². The molecular formula is C24H22Cl2N4O3. The summed E-state index contributed by atoms with van der Waals surface area (Å²) in [6.45, 7) is 0. The van der Waals surface area contributed by atoms with Gasteiger partial charge in [0.25, 0.3) is 5.91 Å². The third-order valence-corrected chi connectivity index (χ3v) is 5.80. The third-order valence-electron chi connectivity index (χ3n) is 5.23. The zero-order chi connectivity index (χ0) is 23.4. The molecule has 4 aromatic rings. The summed E-state index contributed by atoms with van der Waals surface area (Å²) in [6.07, 6.45) is 5.29. The highest BCUT2D eigenvalue weighted by molar-refractivity contribution is 6.39. The number of aromatic nitrogens is 3. The molecule has 9 heteroatoms. The van der Waals surface area contributed by atoms with Crippen molar-refractivity contribution in [1.29, 1.82) is 0 Å². The molecule has 0 aliphatic carbocycles. The van der Waals surface area contributed by atoms with Gasteiger partial charge in [-0.3, -0.25) is 9.78 Å². The number of halogens is 2. The van der Waals surface area contributed by atoms with Crippen LogP contribution in [-0.2, 0) is 12.8 Å². The van der Waals surface area contributed by atoms with Crippen molar-refractivity contribution >= 4 is 45.8 Å². The van der Waals surface area contributed by atoms with Crippen LogP contribution >= 0.6 is 23.2 Å². The van der Waals surface area contributed by atoms with E-state index in [9.17, 15) is 4.79 Å². The number of aryl methyl sites for hydroxylation is 2. The number of ether oxygens (including phenoxy) is 2. The molecule has 0 spiro atoms. The summed E-state index contributed by atoms with van der Waals surface area (Å²) >= 11 is 12.3. The fraction of sp³-hybridized carbons (Fsp3) is 0.208. The van der Waals surface area contributed by atoms with E-state index in [0.717, 1.165) is 24.4 Å². The molecule has 0 aliphatic heterocycles. The number of pyridine rings is 1. The zero-order valence-corrected chi connectivity index (χ0v) is 19.6. The smallest absolute Gasteiger partial charge is 0.257 e. The molecule has 2 N–H and O–H groups in total. The van der Waals surface area contributed by atoms with Crippen molar-refractivity contribution in [1.82, 2.24) is 15.0 Å². The Morgan fingerprint density at radius 2 is 1.85 bits per heavy atom. The molecule has 7 nitrogen and oxygen atoms in total. The van der Waals surface area contributed by atoms with E-state index in [4.69, 9.17) is 32.7 Å². The molecule has 0 saturated carbocycles. The first-order valence-electron chi connectivity index (χ1n) is 10.3. The number of aromatic amines is 1. The molecule has 0 unspecified atom stereocenters. The Balaban J connectivity index is 1.56. The molecular weight excluding hydrogens is 463 g/mol. The van der Waals surface area contributed by atoms with Gasteiger partial charge in [-0.15, -0.1) is 0 Å². The van der Waals surface area contributed by atoms with Crippen LogP contribution in [0.5, 0.6) is 11.5 Å². The first-order valence-corrected chi connectivity index (χ1v) is 11.0. The molecule has 0 radical (unpaired) electrons. The van der Waals surface area contributed by atoms with Crippen LogP contribution in [0.4, 0.5) is 5.69 Å². The SMILES string of the molecule is COc1cccc(CCCc2nc3c(OC)ccc(C(=O)Nc4c(Cl)cncc4Cl)c3[nH]2)c1. The summed E-state index contributed by atoms with van der Waals surface area (Å²) in [6, 6.07) is 11.4. The van der Waals surface area contributed by atoms with E-state index in [2.05, 4.69) is 26.3 Å². The molecule has 0 saturated heterocycles. The predicted molar refractivity (Wildman–Crippen MR) is 130 cm³/mol. The highest BCUT2D eigenvalue weighted by atomic mass is 35.5. The van der Waals surface area contributed by atoms with E-state index < -0.39 is 0 Å². The molecule has 1 amide bonds. The van der Waals surface area contributed by atoms with Crippen molar-refractivity contribution in [2.45, 2.75) is 19.3 Å². The van der Waals surface area contributed by atoms with E-state index >= 15 is 0 Å². The van der Waals surface area contributed by atoms with Gasteiger partial charge >= 0.3 is 0 Å². The van der Waals surface area contributed by atoms with Crippen LogP contribution in [0.3, 0.4) is 0 Å². The highest BCUT2D eigenvalue weighted by Crippen LogP contribution is 2.31. The Morgan fingerprint density at radius 3 is 2.58 bits per heavy atom. The molecule has 2 heterocycles. The number of methoxy groups -OCH3 is 2. The van der Waals surface area contributed by atoms with Crippen LogP contribution in [0, 0.1) is 0 Å². The molecule has 33 heavy (non-hydrogen) atoms. The van der Waals surface area contributed by atoms with Gasteiger partial charge in [-0.05, 0) is 42.7 Å². The molecule has 0 bridgehead atoms. The topological polar surface area (TPSA) is 89.1 Å². The summed E-state index contributed by atoms with van der Waals surface area (Å²) in [4.78, 5) is 24.9. The lowest BCUT2D eigenvalue weighted by Gasteiger charge is -2.10. The lowest BCUT2D eigenvalue weighted by Crippen LogP contribution is -2.13. The van der Waals surface area contributed by atoms with Crippen LogP contribution in [0.15, 0.2) is 48.8 Å². The number of carbonyl (C=O) groups is 1. The number of fused-ring (bicyclic) bond motifs is 1. The van der Waals surface area contributed by atoms with Gasteiger partial charge < -0.3 is 19.8 Å². The van der Waals surface area contributed by atoms with Crippen LogP contribution in [0.1, 0.15) is 28.2 Å². The normalized spacial score (nSPS) is 10.9. The Hall–Kier alpha value is -3.29. The van der Waals surface area contributed by atoms with Crippen LogP contribution in [0.25, 0.3) is 11.0 Å². The van der Waals surface area contributed by atoms with Gasteiger partial charge in [0, 0.05) is 18.8 Å². The summed E-state index contributed by atoms with van der Waals surface area (Å²) in [5, 5.41) is 3.27. The Kier molecular flexibility index (Phi) is 7.01. The number of hydrogen-bond acceptors (Lipinski definition) is 5. The molecule has 170 valence electrons. The molecule has 0 atom stereocenters. The first kappa shape index (κ1) is 22.9. The third kappa shape index (κ3) is 5.05. The van der Waals surface area contributed by atoms with Crippen molar-refractivity contribution in [2.75, 3.05) is 19.5 Å². The van der Waals surface area contributed by atoms with E-state index in [1.165, 1.54) is 18.0 Å². The Morgan fingerprint density at radius 1 is 1.06 bits per heavy atom. The molecule has 2 aromatic carbocycles. The number of nitrogens with zero attached hydrogens (tertiary/aromatic N) is 2. The van der Waals surface area contributed by atoms with E-state index in [1.807, 2.05) is 18.2 Å². The minimum absolute atomic E-state index is 0.253. The maximum absolute atomic E-state index is 13.1. The Bertz CT molecular complexity index is 1290. The zero-order valence-electron chi connectivity index (χ0n) is 18.1. The second-order valence-corrected chi connectivity index (χ2v) is 8.17. The van der Waals surface area contributed by atoms with Crippen LogP contribution in [0.2, 0.25) is 10.0 Å². The number of hydrogen-bond donors (Lipinski definition) is 2. The maximum atomic E-state index is 13.1. The van der Waals surface area contributed by atoms with Gasteiger partial charge in [-0.25, -0.2) is 4.98 Å². The van der Waals surface area contributed by atoms with Gasteiger partial charge in [0.1, 0.15) is 22.8 Å². The Labute approximate surface area is 201 Å². The summed E-state index contributed by atoms with van der Waals surface area (Å²) in [5.41, 5.74) is 3.08. The second-order valence-electron chi connectivity index (χ2n) is 7.36. The van der Waals surface area contributed by atoms with Crippen LogP contribution in [-0.4, -0.2) is 35.1 Å². The van der Waals surface area contributed by atoms with E-state index in [1.54, 1.807) is 26.4 Å². The quantitative estimate of drug-likeness (QED) is 0.334. The average Bonchev–Trinajstić information content (AvgIpc) is 3.25.